The smallest absolute Gasteiger partial charge is 0.141 e. The van der Waals surface area contributed by atoms with Gasteiger partial charge in [0.15, 0.2) is 0 Å². The van der Waals surface area contributed by atoms with Crippen molar-refractivity contribution in [2.24, 2.45) is 0 Å². The Morgan fingerprint density at radius 1 is 1.24 bits per heavy atom. The number of pyridine rings is 1. The van der Waals surface area contributed by atoms with E-state index in [9.17, 15) is 4.39 Å². The molecule has 2 heterocycles. The topological polar surface area (TPSA) is 28.2 Å². The van der Waals surface area contributed by atoms with Crippen LogP contribution < -0.4 is 5.32 Å². The molecule has 2 rings (SSSR count). The predicted octanol–water partition coefficient (Wildman–Crippen LogP) is 1.80. The Balaban J connectivity index is 1.60. The minimum Gasteiger partial charge on any atom is -0.310 e. The van der Waals surface area contributed by atoms with E-state index in [4.69, 9.17) is 0 Å². The van der Waals surface area contributed by atoms with Crippen LogP contribution in [0.15, 0.2) is 18.3 Å². The van der Waals surface area contributed by atoms with Crippen LogP contribution in [0.1, 0.15) is 25.0 Å². The van der Waals surface area contributed by atoms with Gasteiger partial charge in [0.05, 0.1) is 11.9 Å². The Hall–Kier alpha value is -1.00. The monoisotopic (exact) mass is 237 g/mol. The Bertz CT molecular complexity index is 320. The lowest BCUT2D eigenvalue weighted by molar-refractivity contribution is 0.229. The lowest BCUT2D eigenvalue weighted by Crippen LogP contribution is -2.35. The van der Waals surface area contributed by atoms with Gasteiger partial charge in [-0.2, -0.15) is 0 Å². The van der Waals surface area contributed by atoms with Crippen molar-refractivity contribution in [1.29, 1.82) is 0 Å². The van der Waals surface area contributed by atoms with E-state index in [-0.39, 0.29) is 5.82 Å². The Labute approximate surface area is 102 Å². The average molecular weight is 237 g/mol. The van der Waals surface area contributed by atoms with E-state index in [0.717, 1.165) is 18.8 Å². The van der Waals surface area contributed by atoms with Gasteiger partial charge in [0.25, 0.3) is 0 Å². The zero-order valence-corrected chi connectivity index (χ0v) is 10.2. The van der Waals surface area contributed by atoms with Crippen molar-refractivity contribution in [3.8, 4) is 0 Å². The average Bonchev–Trinajstić information content (AvgIpc) is 2.38. The van der Waals surface area contributed by atoms with E-state index < -0.39 is 0 Å². The van der Waals surface area contributed by atoms with Crippen molar-refractivity contribution in [2.45, 2.75) is 25.8 Å². The van der Waals surface area contributed by atoms with Crippen LogP contribution in [0.4, 0.5) is 4.39 Å². The molecule has 1 aromatic heterocycles. The zero-order chi connectivity index (χ0) is 11.9. The molecular formula is C13H20FN3. The van der Waals surface area contributed by atoms with E-state index in [0.29, 0.717) is 6.54 Å². The number of rotatable bonds is 5. The van der Waals surface area contributed by atoms with Crippen molar-refractivity contribution in [3.63, 3.8) is 0 Å². The van der Waals surface area contributed by atoms with Gasteiger partial charge in [-0.3, -0.25) is 4.98 Å². The lowest BCUT2D eigenvalue weighted by Gasteiger charge is -2.26. The molecule has 1 fully saturated rings. The number of hydrogen-bond donors (Lipinski definition) is 1. The van der Waals surface area contributed by atoms with Crippen LogP contribution in [0.5, 0.6) is 0 Å². The van der Waals surface area contributed by atoms with Gasteiger partial charge in [-0.15, -0.1) is 0 Å². The van der Waals surface area contributed by atoms with Gasteiger partial charge in [0.2, 0.25) is 0 Å². The first-order valence-corrected chi connectivity index (χ1v) is 6.38. The maximum Gasteiger partial charge on any atom is 0.141 e. The predicted molar refractivity (Wildman–Crippen MR) is 66.2 cm³/mol. The van der Waals surface area contributed by atoms with Gasteiger partial charge in [-0.05, 0) is 38.1 Å². The second kappa shape index (κ2) is 6.67. The number of nitrogens with zero attached hydrogens (tertiary/aromatic N) is 2. The molecule has 1 aromatic rings. The number of hydrogen-bond acceptors (Lipinski definition) is 3. The summed E-state index contributed by atoms with van der Waals surface area (Å²) in [6, 6.07) is 3.18. The van der Waals surface area contributed by atoms with Crippen LogP contribution >= 0.6 is 0 Å². The molecule has 94 valence electrons. The first-order chi connectivity index (χ1) is 8.34. The third-order valence-corrected chi connectivity index (χ3v) is 3.15. The summed E-state index contributed by atoms with van der Waals surface area (Å²) in [7, 11) is 0. The number of halogens is 1. The molecular weight excluding hydrogens is 217 g/mol. The van der Waals surface area contributed by atoms with Crippen molar-refractivity contribution >= 4 is 0 Å². The molecule has 0 aliphatic carbocycles. The number of aromatic nitrogens is 1. The first-order valence-electron chi connectivity index (χ1n) is 6.38. The molecule has 1 aliphatic heterocycles. The highest BCUT2D eigenvalue weighted by Crippen LogP contribution is 2.07. The van der Waals surface area contributed by atoms with Gasteiger partial charge < -0.3 is 10.2 Å². The summed E-state index contributed by atoms with van der Waals surface area (Å²) in [5, 5.41) is 3.34. The molecule has 1 saturated heterocycles. The van der Waals surface area contributed by atoms with Gasteiger partial charge in [0.1, 0.15) is 5.82 Å². The fourth-order valence-corrected chi connectivity index (χ4v) is 2.15. The third-order valence-electron chi connectivity index (χ3n) is 3.15. The van der Waals surface area contributed by atoms with Gasteiger partial charge in [-0.1, -0.05) is 6.42 Å². The molecule has 0 bridgehead atoms. The summed E-state index contributed by atoms with van der Waals surface area (Å²) in [5.74, 6) is -0.276. The second-order valence-corrected chi connectivity index (χ2v) is 4.55. The quantitative estimate of drug-likeness (QED) is 0.791. The van der Waals surface area contributed by atoms with E-state index in [1.165, 1.54) is 44.6 Å². The molecule has 0 saturated carbocycles. The lowest BCUT2D eigenvalue weighted by atomic mass is 10.1. The standard InChI is InChI=1S/C13H20FN3/c14-12-4-5-13(16-10-12)11-15-6-9-17-7-2-1-3-8-17/h4-5,10,15H,1-3,6-9,11H2. The molecule has 0 spiro atoms. The molecule has 0 aromatic carbocycles. The van der Waals surface area contributed by atoms with Crippen LogP contribution in [-0.4, -0.2) is 36.1 Å². The fourth-order valence-electron chi connectivity index (χ4n) is 2.15. The van der Waals surface area contributed by atoms with Crippen molar-refractivity contribution in [3.05, 3.63) is 29.8 Å². The molecule has 17 heavy (non-hydrogen) atoms. The third kappa shape index (κ3) is 4.40. The van der Waals surface area contributed by atoms with Crippen molar-refractivity contribution in [1.82, 2.24) is 15.2 Å². The summed E-state index contributed by atoms with van der Waals surface area (Å²) in [4.78, 5) is 6.51. The Morgan fingerprint density at radius 2 is 2.06 bits per heavy atom. The summed E-state index contributed by atoms with van der Waals surface area (Å²) >= 11 is 0. The molecule has 3 nitrogen and oxygen atoms in total. The van der Waals surface area contributed by atoms with E-state index in [1.807, 2.05) is 0 Å². The minimum atomic E-state index is -0.276. The minimum absolute atomic E-state index is 0.276. The Morgan fingerprint density at radius 3 is 2.76 bits per heavy atom. The van der Waals surface area contributed by atoms with Gasteiger partial charge >= 0.3 is 0 Å². The number of nitrogens with one attached hydrogen (secondary N) is 1. The SMILES string of the molecule is Fc1ccc(CNCCN2CCCCC2)nc1. The van der Waals surface area contributed by atoms with Crippen molar-refractivity contribution in [2.75, 3.05) is 26.2 Å². The highest BCUT2D eigenvalue weighted by atomic mass is 19.1. The molecule has 0 unspecified atom stereocenters. The molecule has 4 heteroatoms. The molecule has 0 amide bonds. The highest BCUT2D eigenvalue weighted by Gasteiger charge is 2.08. The molecule has 1 aliphatic rings. The first kappa shape index (κ1) is 12.5. The molecule has 0 radical (unpaired) electrons. The largest absolute Gasteiger partial charge is 0.310 e. The van der Waals surface area contributed by atoms with Crippen LogP contribution in [0.2, 0.25) is 0 Å². The van der Waals surface area contributed by atoms with Gasteiger partial charge in [0, 0.05) is 19.6 Å². The highest BCUT2D eigenvalue weighted by molar-refractivity contribution is 5.04. The maximum absolute atomic E-state index is 12.6. The summed E-state index contributed by atoms with van der Waals surface area (Å²) in [6.45, 7) is 5.25. The molecule has 0 atom stereocenters. The summed E-state index contributed by atoms with van der Waals surface area (Å²) < 4.78 is 12.6. The van der Waals surface area contributed by atoms with Crippen LogP contribution in [0, 0.1) is 5.82 Å². The fraction of sp³-hybridized carbons (Fsp3) is 0.615. The molecule has 1 N–H and O–H groups in total. The number of piperidine rings is 1. The normalized spacial score (nSPS) is 17.2. The zero-order valence-electron chi connectivity index (χ0n) is 10.2. The summed E-state index contributed by atoms with van der Waals surface area (Å²) in [6.07, 6.45) is 5.31. The van der Waals surface area contributed by atoms with Crippen LogP contribution in [-0.2, 0) is 6.54 Å². The van der Waals surface area contributed by atoms with Crippen LogP contribution in [0.3, 0.4) is 0 Å². The van der Waals surface area contributed by atoms with Gasteiger partial charge in [-0.25, -0.2) is 4.39 Å². The maximum atomic E-state index is 12.6. The van der Waals surface area contributed by atoms with E-state index in [2.05, 4.69) is 15.2 Å². The van der Waals surface area contributed by atoms with Crippen LogP contribution in [0.25, 0.3) is 0 Å². The van der Waals surface area contributed by atoms with E-state index >= 15 is 0 Å². The Kier molecular flexibility index (Phi) is 4.88. The summed E-state index contributed by atoms with van der Waals surface area (Å²) in [5.41, 5.74) is 0.894. The van der Waals surface area contributed by atoms with E-state index in [1.54, 1.807) is 6.07 Å². The second-order valence-electron chi connectivity index (χ2n) is 4.55. The van der Waals surface area contributed by atoms with Crippen molar-refractivity contribution < 1.29 is 4.39 Å². The number of likely N-dealkylation sites (tertiary alicyclic amines) is 1.